The van der Waals surface area contributed by atoms with Gasteiger partial charge in [-0.25, -0.2) is 0 Å². The quantitative estimate of drug-likeness (QED) is 0.518. The van der Waals surface area contributed by atoms with Gasteiger partial charge in [-0.15, -0.1) is 0 Å². The van der Waals surface area contributed by atoms with Gasteiger partial charge in [-0.2, -0.15) is 0 Å². The Bertz CT molecular complexity index is 768. The lowest BCUT2D eigenvalue weighted by molar-refractivity contribution is -0.384. The van der Waals surface area contributed by atoms with E-state index in [1.54, 1.807) is 48.7 Å². The van der Waals surface area contributed by atoms with E-state index in [1.807, 2.05) is 0 Å². The molecule has 0 spiro atoms. The highest BCUT2D eigenvalue weighted by atomic mass is 32.2. The smallest absolute Gasteiger partial charge is 0.269 e. The number of hydrogen-bond acceptors (Lipinski definition) is 4. The van der Waals surface area contributed by atoms with Gasteiger partial charge in [0.1, 0.15) is 0 Å². The van der Waals surface area contributed by atoms with Crippen molar-refractivity contribution in [2.45, 2.75) is 4.90 Å². The molecule has 0 aliphatic heterocycles. The topological polar surface area (TPSA) is 89.3 Å². The van der Waals surface area contributed by atoms with Gasteiger partial charge in [-0.1, -0.05) is 0 Å². The van der Waals surface area contributed by atoms with E-state index in [0.29, 0.717) is 16.1 Å². The second-order valence-corrected chi connectivity index (χ2v) is 6.03. The molecule has 0 bridgehead atoms. The maximum Gasteiger partial charge on any atom is 0.269 e. The van der Waals surface area contributed by atoms with Crippen molar-refractivity contribution in [3.8, 4) is 0 Å². The Morgan fingerprint density at radius 1 is 1.13 bits per heavy atom. The summed E-state index contributed by atoms with van der Waals surface area (Å²) < 4.78 is 11.3. The number of nitrogens with zero attached hydrogens (tertiary/aromatic N) is 1. The number of carbonyl (C=O) groups excluding carboxylic acids is 1. The molecule has 1 amide bonds. The molecule has 0 heterocycles. The number of benzene rings is 2. The number of non-ortho nitro benzene ring substituents is 1. The average molecular weight is 330 g/mol. The molecule has 1 atom stereocenters. The van der Waals surface area contributed by atoms with Crippen LogP contribution in [0.5, 0.6) is 0 Å². The fourth-order valence-electron chi connectivity index (χ4n) is 1.79. The van der Waals surface area contributed by atoms with E-state index in [9.17, 15) is 19.1 Å². The van der Waals surface area contributed by atoms with Gasteiger partial charge in [0.05, 0.1) is 4.92 Å². The highest BCUT2D eigenvalue weighted by Crippen LogP contribution is 2.14. The van der Waals surface area contributed by atoms with Crippen LogP contribution in [0.4, 0.5) is 11.4 Å². The molecule has 0 aliphatic rings. The second-order valence-electron chi connectivity index (χ2n) is 4.65. The predicted octanol–water partition coefficient (Wildman–Crippen LogP) is 2.98. The molecule has 23 heavy (non-hydrogen) atoms. The summed E-state index contributed by atoms with van der Waals surface area (Å²) in [5, 5.41) is 13.2. The molecule has 0 saturated heterocycles. The van der Waals surface area contributed by atoms with Crippen LogP contribution in [0.1, 0.15) is 5.56 Å². The monoisotopic (exact) mass is 330 g/mol. The molecule has 6 nitrogen and oxygen atoms in total. The summed E-state index contributed by atoms with van der Waals surface area (Å²) in [6.07, 6.45) is 4.49. The number of hydrogen-bond donors (Lipinski definition) is 1. The van der Waals surface area contributed by atoms with E-state index in [0.717, 1.165) is 0 Å². The van der Waals surface area contributed by atoms with Gasteiger partial charge in [0.15, 0.2) is 0 Å². The van der Waals surface area contributed by atoms with Crippen molar-refractivity contribution in [3.05, 3.63) is 70.3 Å². The lowest BCUT2D eigenvalue weighted by Gasteiger charge is -2.03. The van der Waals surface area contributed by atoms with Crippen LogP contribution in [0, 0.1) is 10.1 Å². The Morgan fingerprint density at radius 2 is 1.74 bits per heavy atom. The van der Waals surface area contributed by atoms with E-state index >= 15 is 0 Å². The fraction of sp³-hybridized carbons (Fsp3) is 0.0625. The van der Waals surface area contributed by atoms with Crippen LogP contribution in [-0.4, -0.2) is 21.3 Å². The molecule has 2 aromatic carbocycles. The number of rotatable bonds is 5. The lowest BCUT2D eigenvalue weighted by Crippen LogP contribution is -2.07. The van der Waals surface area contributed by atoms with E-state index in [4.69, 9.17) is 0 Å². The summed E-state index contributed by atoms with van der Waals surface area (Å²) in [5.41, 5.74) is 1.28. The first-order chi connectivity index (χ1) is 11.0. The van der Waals surface area contributed by atoms with Crippen LogP contribution in [0.25, 0.3) is 6.08 Å². The SMILES string of the molecule is C[S@@](=O)c1ccc(NC(=O)/C=C\c2ccc([N+](=O)[O-])cc2)cc1. The number of nitrogens with one attached hydrogen (secondary N) is 1. The van der Waals surface area contributed by atoms with Gasteiger partial charge >= 0.3 is 0 Å². The number of amides is 1. The minimum atomic E-state index is -1.06. The number of nitro groups is 1. The third kappa shape index (κ3) is 4.86. The molecule has 2 aromatic rings. The van der Waals surface area contributed by atoms with Crippen molar-refractivity contribution in [2.75, 3.05) is 11.6 Å². The van der Waals surface area contributed by atoms with Crippen LogP contribution < -0.4 is 5.32 Å². The Balaban J connectivity index is 1.98. The third-order valence-corrected chi connectivity index (χ3v) is 3.92. The summed E-state index contributed by atoms with van der Waals surface area (Å²) >= 11 is 0. The molecule has 0 fully saturated rings. The molecule has 0 aliphatic carbocycles. The molecule has 0 aromatic heterocycles. The van der Waals surface area contributed by atoms with Crippen molar-refractivity contribution in [1.82, 2.24) is 0 Å². The summed E-state index contributed by atoms with van der Waals surface area (Å²) in [5.74, 6) is -0.325. The molecular formula is C16H14N2O4S. The lowest BCUT2D eigenvalue weighted by atomic mass is 10.2. The highest BCUT2D eigenvalue weighted by Gasteiger charge is 2.03. The standard InChI is InChI=1S/C16H14N2O4S/c1-23(22)15-9-5-13(6-10-15)17-16(19)11-4-12-2-7-14(8-3-12)18(20)21/h2-11H,1H3,(H,17,19)/b11-4-/t23-/m1/s1. The molecular weight excluding hydrogens is 316 g/mol. The zero-order valence-corrected chi connectivity index (χ0v) is 13.1. The van der Waals surface area contributed by atoms with Crippen molar-refractivity contribution >= 4 is 34.2 Å². The molecule has 118 valence electrons. The van der Waals surface area contributed by atoms with E-state index in [2.05, 4.69) is 5.32 Å². The number of anilines is 1. The van der Waals surface area contributed by atoms with Gasteiger partial charge in [0, 0.05) is 45.8 Å². The third-order valence-electron chi connectivity index (χ3n) is 2.98. The first-order valence-electron chi connectivity index (χ1n) is 6.63. The van der Waals surface area contributed by atoms with Gasteiger partial charge in [-0.3, -0.25) is 19.1 Å². The van der Waals surface area contributed by atoms with Gasteiger partial charge in [0.25, 0.3) is 5.69 Å². The molecule has 7 heteroatoms. The molecule has 0 saturated carbocycles. The minimum Gasteiger partial charge on any atom is -0.323 e. The zero-order chi connectivity index (χ0) is 16.8. The van der Waals surface area contributed by atoms with Crippen LogP contribution in [0.3, 0.4) is 0 Å². The normalized spacial score (nSPS) is 12.0. The molecule has 2 rings (SSSR count). The Labute approximate surface area is 135 Å². The second kappa shape index (κ2) is 7.46. The zero-order valence-electron chi connectivity index (χ0n) is 12.3. The summed E-state index contributed by atoms with van der Waals surface area (Å²) in [7, 11) is -1.06. The molecule has 0 unspecified atom stereocenters. The summed E-state index contributed by atoms with van der Waals surface area (Å²) in [4.78, 5) is 22.6. The maximum absolute atomic E-state index is 11.8. The Hall–Kier alpha value is -2.80. The highest BCUT2D eigenvalue weighted by molar-refractivity contribution is 7.84. The maximum atomic E-state index is 11.8. The summed E-state index contributed by atoms with van der Waals surface area (Å²) in [6, 6.07) is 12.6. The van der Waals surface area contributed by atoms with Crippen molar-refractivity contribution in [3.63, 3.8) is 0 Å². The fourth-order valence-corrected chi connectivity index (χ4v) is 2.31. The van der Waals surface area contributed by atoms with Crippen LogP contribution >= 0.6 is 0 Å². The average Bonchev–Trinajstić information content (AvgIpc) is 2.54. The number of carbonyl (C=O) groups is 1. The van der Waals surface area contributed by atoms with E-state index in [1.165, 1.54) is 18.2 Å². The van der Waals surface area contributed by atoms with Gasteiger partial charge in [-0.05, 0) is 48.0 Å². The minimum absolute atomic E-state index is 0.00000262. The van der Waals surface area contributed by atoms with Crippen LogP contribution in [0.15, 0.2) is 59.5 Å². The van der Waals surface area contributed by atoms with Crippen molar-refractivity contribution in [1.29, 1.82) is 0 Å². The first kappa shape index (κ1) is 16.6. The van der Waals surface area contributed by atoms with Crippen molar-refractivity contribution in [2.24, 2.45) is 0 Å². The van der Waals surface area contributed by atoms with Crippen molar-refractivity contribution < 1.29 is 13.9 Å². The predicted molar refractivity (Wildman–Crippen MR) is 89.5 cm³/mol. The Morgan fingerprint density at radius 3 is 2.26 bits per heavy atom. The summed E-state index contributed by atoms with van der Waals surface area (Å²) in [6.45, 7) is 0. The Kier molecular flexibility index (Phi) is 5.37. The first-order valence-corrected chi connectivity index (χ1v) is 8.18. The van der Waals surface area contributed by atoms with Crippen LogP contribution in [-0.2, 0) is 15.6 Å². The van der Waals surface area contributed by atoms with E-state index < -0.39 is 15.7 Å². The molecule has 1 N–H and O–H groups in total. The largest absolute Gasteiger partial charge is 0.323 e. The van der Waals surface area contributed by atoms with Crippen LogP contribution in [0.2, 0.25) is 0 Å². The number of nitro benzene ring substituents is 1. The molecule has 0 radical (unpaired) electrons. The van der Waals surface area contributed by atoms with Gasteiger partial charge in [0.2, 0.25) is 5.91 Å². The van der Waals surface area contributed by atoms with Gasteiger partial charge < -0.3 is 5.32 Å². The van der Waals surface area contributed by atoms with E-state index in [-0.39, 0.29) is 11.6 Å².